The molecule has 1 saturated heterocycles. The van der Waals surface area contributed by atoms with E-state index in [2.05, 4.69) is 31.0 Å². The summed E-state index contributed by atoms with van der Waals surface area (Å²) in [7, 11) is 0. The Kier molecular flexibility index (Phi) is 4.74. The molecule has 1 spiro atoms. The first-order valence-electron chi connectivity index (χ1n) is 12.4. The van der Waals surface area contributed by atoms with Crippen LogP contribution in [-0.2, 0) is 24.2 Å². The van der Waals surface area contributed by atoms with Crippen molar-refractivity contribution in [3.8, 4) is 5.00 Å². The number of carbonyl (C=O) groups is 1. The van der Waals surface area contributed by atoms with E-state index in [4.69, 9.17) is 11.6 Å². The molecule has 1 saturated carbocycles. The van der Waals surface area contributed by atoms with Crippen molar-refractivity contribution in [2.24, 2.45) is 11.3 Å². The van der Waals surface area contributed by atoms with Crippen LogP contribution in [0.2, 0.25) is 5.02 Å². The van der Waals surface area contributed by atoms with Crippen LogP contribution in [-0.4, -0.2) is 38.7 Å². The van der Waals surface area contributed by atoms with E-state index in [0.717, 1.165) is 54.6 Å². The number of thiophene rings is 1. The van der Waals surface area contributed by atoms with Crippen LogP contribution >= 0.6 is 22.9 Å². The highest BCUT2D eigenvalue weighted by Crippen LogP contribution is 2.53. The Hall–Kier alpha value is -2.22. The molecule has 0 bridgehead atoms. The molecule has 6 nitrogen and oxygen atoms in total. The maximum atomic E-state index is 13.6. The van der Waals surface area contributed by atoms with E-state index in [1.54, 1.807) is 0 Å². The molecule has 34 heavy (non-hydrogen) atoms. The number of piperidine rings is 1. The van der Waals surface area contributed by atoms with Crippen molar-refractivity contribution in [3.63, 3.8) is 0 Å². The number of amides is 1. The molecule has 0 radical (unpaired) electrons. The van der Waals surface area contributed by atoms with Crippen molar-refractivity contribution in [2.75, 3.05) is 13.1 Å². The van der Waals surface area contributed by atoms with Gasteiger partial charge in [0.15, 0.2) is 5.82 Å². The van der Waals surface area contributed by atoms with Crippen molar-refractivity contribution >= 4 is 28.8 Å². The van der Waals surface area contributed by atoms with Gasteiger partial charge in [-0.1, -0.05) is 29.8 Å². The zero-order chi connectivity index (χ0) is 23.0. The molecular formula is C26H28ClN5OS. The van der Waals surface area contributed by atoms with Crippen LogP contribution in [0.4, 0.5) is 0 Å². The zero-order valence-electron chi connectivity index (χ0n) is 19.3. The van der Waals surface area contributed by atoms with Gasteiger partial charge in [-0.25, -0.2) is 0 Å². The molecule has 1 N–H and O–H groups in total. The summed E-state index contributed by atoms with van der Waals surface area (Å²) >= 11 is 8.51. The Labute approximate surface area is 208 Å². The van der Waals surface area contributed by atoms with Gasteiger partial charge in [0, 0.05) is 34.5 Å². The number of carbonyl (C=O) groups excluding carboxylic acids is 1. The van der Waals surface area contributed by atoms with Gasteiger partial charge in [-0.3, -0.25) is 14.7 Å². The van der Waals surface area contributed by atoms with Gasteiger partial charge in [-0.05, 0) is 68.1 Å². The number of aromatic nitrogens is 3. The lowest BCUT2D eigenvalue weighted by molar-refractivity contribution is -0.137. The molecule has 1 amide bonds. The molecule has 2 aliphatic heterocycles. The van der Waals surface area contributed by atoms with Gasteiger partial charge in [0.1, 0.15) is 10.8 Å². The van der Waals surface area contributed by atoms with E-state index in [0.29, 0.717) is 17.9 Å². The molecule has 8 heteroatoms. The Balaban J connectivity index is 1.27. The third-order valence-corrected chi connectivity index (χ3v) is 9.94. The Morgan fingerprint density at radius 2 is 2.06 bits per heavy atom. The second kappa shape index (κ2) is 7.64. The summed E-state index contributed by atoms with van der Waals surface area (Å²) in [6, 6.07) is 8.04. The maximum Gasteiger partial charge on any atom is 0.226 e. The normalized spacial score (nSPS) is 24.5. The van der Waals surface area contributed by atoms with E-state index >= 15 is 0 Å². The summed E-state index contributed by atoms with van der Waals surface area (Å²) in [5.41, 5.74) is 4.11. The van der Waals surface area contributed by atoms with E-state index in [1.165, 1.54) is 40.3 Å². The third kappa shape index (κ3) is 3.20. The minimum Gasteiger partial charge on any atom is -0.342 e. The minimum absolute atomic E-state index is 0.0385. The minimum atomic E-state index is -0.0385. The van der Waals surface area contributed by atoms with Crippen molar-refractivity contribution in [1.29, 1.82) is 0 Å². The fraction of sp³-hybridized carbons (Fsp3) is 0.500. The fourth-order valence-electron chi connectivity index (χ4n) is 6.38. The van der Waals surface area contributed by atoms with Gasteiger partial charge in [-0.15, -0.1) is 21.5 Å². The van der Waals surface area contributed by atoms with Crippen LogP contribution in [0.1, 0.15) is 64.9 Å². The molecule has 176 valence electrons. The van der Waals surface area contributed by atoms with E-state index in [9.17, 15) is 4.79 Å². The standard InChI is InChI=1S/C26H28ClN5OS/c1-15-29-30-21-13-28-23(17-5-2-3-6-19(17)27)22-18-11-16(12-20(18)34-25(22)32(15)21)24(33)31-10-4-7-26(14-31)8-9-26/h2-3,5-6,16,23,28H,4,7-14H2,1H3/t16-,23?/m0/s1. The lowest BCUT2D eigenvalue weighted by atomic mass is 9.92. The second-order valence-electron chi connectivity index (χ2n) is 10.5. The van der Waals surface area contributed by atoms with Crippen LogP contribution in [0.5, 0.6) is 0 Å². The first-order valence-corrected chi connectivity index (χ1v) is 13.5. The highest BCUT2D eigenvalue weighted by Gasteiger charge is 2.48. The number of hydrogen-bond acceptors (Lipinski definition) is 5. The SMILES string of the molecule is Cc1nnc2n1-c1sc3c(c1C(c1ccccc1Cl)NC2)C[C@H](C(=O)N1CCCC2(CC2)C1)C3. The molecule has 2 fully saturated rings. The van der Waals surface area contributed by atoms with E-state index in [1.807, 2.05) is 36.5 Å². The van der Waals surface area contributed by atoms with Gasteiger partial charge in [-0.2, -0.15) is 0 Å². The monoisotopic (exact) mass is 493 g/mol. The first kappa shape index (κ1) is 21.1. The highest BCUT2D eigenvalue weighted by atomic mass is 35.5. The van der Waals surface area contributed by atoms with Crippen LogP contribution in [0.25, 0.3) is 5.00 Å². The van der Waals surface area contributed by atoms with Crippen LogP contribution in [0, 0.1) is 18.3 Å². The Morgan fingerprint density at radius 1 is 1.21 bits per heavy atom. The number of benzene rings is 1. The lowest BCUT2D eigenvalue weighted by Gasteiger charge is -2.34. The maximum absolute atomic E-state index is 13.6. The van der Waals surface area contributed by atoms with Crippen LogP contribution in [0.3, 0.4) is 0 Å². The Morgan fingerprint density at radius 3 is 2.88 bits per heavy atom. The van der Waals surface area contributed by atoms with Crippen molar-refractivity contribution in [1.82, 2.24) is 25.0 Å². The largest absolute Gasteiger partial charge is 0.342 e. The third-order valence-electron chi connectivity index (χ3n) is 8.34. The number of rotatable bonds is 2. The summed E-state index contributed by atoms with van der Waals surface area (Å²) in [5.74, 6) is 2.23. The Bertz CT molecular complexity index is 1310. The van der Waals surface area contributed by atoms with E-state index < -0.39 is 0 Å². The summed E-state index contributed by atoms with van der Waals surface area (Å²) in [4.78, 5) is 17.1. The summed E-state index contributed by atoms with van der Waals surface area (Å²) < 4.78 is 2.19. The molecule has 3 aromatic rings. The highest BCUT2D eigenvalue weighted by molar-refractivity contribution is 7.15. The van der Waals surface area contributed by atoms with E-state index in [-0.39, 0.29) is 12.0 Å². The first-order chi connectivity index (χ1) is 16.5. The van der Waals surface area contributed by atoms with Gasteiger partial charge in [0.2, 0.25) is 5.91 Å². The lowest BCUT2D eigenvalue weighted by Crippen LogP contribution is -2.44. The summed E-state index contributed by atoms with van der Waals surface area (Å²) in [6.07, 6.45) is 6.70. The molecule has 2 aromatic heterocycles. The molecule has 4 aliphatic rings. The molecule has 7 rings (SSSR count). The summed E-state index contributed by atoms with van der Waals surface area (Å²) in [5, 5.41) is 14.4. The van der Waals surface area contributed by atoms with Crippen molar-refractivity contribution in [2.45, 2.75) is 58.0 Å². The van der Waals surface area contributed by atoms with Gasteiger partial charge < -0.3 is 4.90 Å². The van der Waals surface area contributed by atoms with Crippen molar-refractivity contribution < 1.29 is 4.79 Å². The van der Waals surface area contributed by atoms with Crippen LogP contribution < -0.4 is 5.32 Å². The number of aryl methyl sites for hydroxylation is 1. The molecule has 1 aromatic carbocycles. The molecule has 2 atom stereocenters. The topological polar surface area (TPSA) is 63.1 Å². The van der Waals surface area contributed by atoms with Gasteiger partial charge >= 0.3 is 0 Å². The van der Waals surface area contributed by atoms with Gasteiger partial charge in [0.05, 0.1) is 12.6 Å². The molecule has 2 aliphatic carbocycles. The average molecular weight is 494 g/mol. The summed E-state index contributed by atoms with van der Waals surface area (Å²) in [6.45, 7) is 4.53. The number of halogens is 1. The van der Waals surface area contributed by atoms with Gasteiger partial charge in [0.25, 0.3) is 0 Å². The molecule has 4 heterocycles. The predicted molar refractivity (Wildman–Crippen MR) is 132 cm³/mol. The van der Waals surface area contributed by atoms with Crippen molar-refractivity contribution in [3.05, 3.63) is 62.5 Å². The fourth-order valence-corrected chi connectivity index (χ4v) is 8.14. The second-order valence-corrected chi connectivity index (χ2v) is 12.0. The number of nitrogens with one attached hydrogen (secondary N) is 1. The van der Waals surface area contributed by atoms with Crippen LogP contribution in [0.15, 0.2) is 24.3 Å². The molecular weight excluding hydrogens is 466 g/mol. The average Bonchev–Trinajstić information content (AvgIpc) is 3.16. The quantitative estimate of drug-likeness (QED) is 0.566. The zero-order valence-corrected chi connectivity index (χ0v) is 20.9. The smallest absolute Gasteiger partial charge is 0.226 e. The number of fused-ring (bicyclic) bond motifs is 5. The predicted octanol–water partition coefficient (Wildman–Crippen LogP) is 4.60. The number of nitrogens with zero attached hydrogens (tertiary/aromatic N) is 4. The molecule has 1 unspecified atom stereocenters. The number of hydrogen-bond donors (Lipinski definition) is 1. The number of likely N-dealkylation sites (tertiary alicyclic amines) is 1.